The molecule has 0 saturated heterocycles. The Hall–Kier alpha value is -0.800. The summed E-state index contributed by atoms with van der Waals surface area (Å²) < 4.78 is 1.08. The number of likely N-dealkylation sites (N-methyl/N-ethyl adjacent to an activating group) is 1. The molecule has 0 amide bonds. The lowest BCUT2D eigenvalue weighted by Crippen LogP contribution is -2.26. The Labute approximate surface area is 113 Å². The van der Waals surface area contributed by atoms with Crippen molar-refractivity contribution in [2.24, 2.45) is 5.73 Å². The van der Waals surface area contributed by atoms with E-state index in [9.17, 15) is 0 Å². The predicted molar refractivity (Wildman–Crippen MR) is 79.4 cm³/mol. The summed E-state index contributed by atoms with van der Waals surface area (Å²) in [5.74, 6) is 0. The molecule has 0 saturated carbocycles. The van der Waals surface area contributed by atoms with Gasteiger partial charge in [0, 0.05) is 29.3 Å². The van der Waals surface area contributed by atoms with E-state index in [1.165, 1.54) is 11.3 Å². The van der Waals surface area contributed by atoms with Gasteiger partial charge in [-0.25, -0.2) is 0 Å². The molecule has 2 N–H and O–H groups in total. The highest BCUT2D eigenvalue weighted by Gasteiger charge is 2.13. The molecule has 1 rings (SSSR count). The zero-order valence-corrected chi connectivity index (χ0v) is 12.4. The first kappa shape index (κ1) is 14.3. The predicted octanol–water partition coefficient (Wildman–Crippen LogP) is 3.87. The number of nitrogens with zero attached hydrogens (tertiary/aromatic N) is 1. The minimum atomic E-state index is 0.0391. The fourth-order valence-electron chi connectivity index (χ4n) is 1.87. The maximum Gasteiger partial charge on any atom is 0.0428 e. The molecule has 1 atom stereocenters. The van der Waals surface area contributed by atoms with Crippen molar-refractivity contribution in [2.45, 2.75) is 26.8 Å². The van der Waals surface area contributed by atoms with Crippen molar-refractivity contribution in [1.29, 1.82) is 0 Å². The van der Waals surface area contributed by atoms with Gasteiger partial charge in [-0.15, -0.1) is 0 Å². The Kier molecular flexibility index (Phi) is 5.22. The summed E-state index contributed by atoms with van der Waals surface area (Å²) in [6.45, 7) is 12.0. The second-order valence-electron chi connectivity index (χ2n) is 4.46. The minimum Gasteiger partial charge on any atom is -0.368 e. The molecule has 0 spiro atoms. The molecule has 0 heterocycles. The van der Waals surface area contributed by atoms with E-state index in [1.54, 1.807) is 0 Å². The molecule has 1 unspecified atom stereocenters. The lowest BCUT2D eigenvalue weighted by atomic mass is 10.1. The normalized spacial score (nSPS) is 12.3. The molecule has 94 valence electrons. The zero-order chi connectivity index (χ0) is 13.0. The second-order valence-corrected chi connectivity index (χ2v) is 5.38. The first-order chi connectivity index (χ1) is 7.95. The van der Waals surface area contributed by atoms with E-state index in [4.69, 9.17) is 5.73 Å². The number of hydrogen-bond donors (Lipinski definition) is 1. The van der Waals surface area contributed by atoms with E-state index < -0.39 is 0 Å². The maximum atomic E-state index is 6.02. The van der Waals surface area contributed by atoms with Crippen LogP contribution >= 0.6 is 15.9 Å². The molecule has 17 heavy (non-hydrogen) atoms. The SMILES string of the molecule is C=C(C)CN(CC)c1cc(Br)ccc1C(C)N. The third kappa shape index (κ3) is 3.86. The molecule has 0 fully saturated rings. The molecule has 0 bridgehead atoms. The second kappa shape index (κ2) is 6.22. The maximum absolute atomic E-state index is 6.02. The molecule has 0 aliphatic heterocycles. The van der Waals surface area contributed by atoms with Gasteiger partial charge in [-0.3, -0.25) is 0 Å². The number of anilines is 1. The summed E-state index contributed by atoms with van der Waals surface area (Å²) in [7, 11) is 0. The standard InChI is InChI=1S/C14H21BrN2/c1-5-17(9-10(2)3)14-8-12(15)6-7-13(14)11(4)16/h6-8,11H,2,5,9,16H2,1,3-4H3. The Morgan fingerprint density at radius 3 is 2.65 bits per heavy atom. The Morgan fingerprint density at radius 1 is 1.53 bits per heavy atom. The lowest BCUT2D eigenvalue weighted by molar-refractivity contribution is 0.793. The molecular weight excluding hydrogens is 276 g/mol. The van der Waals surface area contributed by atoms with E-state index in [-0.39, 0.29) is 6.04 Å². The third-order valence-electron chi connectivity index (χ3n) is 2.67. The highest BCUT2D eigenvalue weighted by molar-refractivity contribution is 9.10. The molecule has 1 aromatic carbocycles. The van der Waals surface area contributed by atoms with Crippen molar-refractivity contribution in [1.82, 2.24) is 0 Å². The number of rotatable bonds is 5. The van der Waals surface area contributed by atoms with Crippen molar-refractivity contribution in [3.63, 3.8) is 0 Å². The van der Waals surface area contributed by atoms with Crippen LogP contribution in [0.1, 0.15) is 32.4 Å². The van der Waals surface area contributed by atoms with E-state index in [0.29, 0.717) is 0 Å². The summed E-state index contributed by atoms with van der Waals surface area (Å²) >= 11 is 3.52. The first-order valence-electron chi connectivity index (χ1n) is 5.90. The largest absolute Gasteiger partial charge is 0.368 e. The van der Waals surface area contributed by atoms with Gasteiger partial charge in [-0.05, 0) is 38.5 Å². The van der Waals surface area contributed by atoms with Crippen LogP contribution in [0.15, 0.2) is 34.8 Å². The molecule has 1 aromatic rings. The van der Waals surface area contributed by atoms with Gasteiger partial charge in [0.05, 0.1) is 0 Å². The highest BCUT2D eigenvalue weighted by Crippen LogP contribution is 2.29. The van der Waals surface area contributed by atoms with Crippen LogP contribution < -0.4 is 10.6 Å². The lowest BCUT2D eigenvalue weighted by Gasteiger charge is -2.27. The van der Waals surface area contributed by atoms with E-state index in [2.05, 4.69) is 46.5 Å². The number of nitrogens with two attached hydrogens (primary N) is 1. The van der Waals surface area contributed by atoms with Crippen molar-refractivity contribution in [2.75, 3.05) is 18.0 Å². The van der Waals surface area contributed by atoms with Crippen LogP contribution in [0.2, 0.25) is 0 Å². The molecular formula is C14H21BrN2. The van der Waals surface area contributed by atoms with E-state index in [1.807, 2.05) is 19.9 Å². The quantitative estimate of drug-likeness (QED) is 0.836. The van der Waals surface area contributed by atoms with E-state index >= 15 is 0 Å². The molecule has 0 radical (unpaired) electrons. The first-order valence-corrected chi connectivity index (χ1v) is 6.69. The van der Waals surface area contributed by atoms with Crippen LogP contribution in [-0.2, 0) is 0 Å². The summed E-state index contributed by atoms with van der Waals surface area (Å²) in [6, 6.07) is 6.30. The van der Waals surface area contributed by atoms with Gasteiger partial charge in [0.15, 0.2) is 0 Å². The van der Waals surface area contributed by atoms with Gasteiger partial charge in [0.25, 0.3) is 0 Å². The molecule has 3 heteroatoms. The highest BCUT2D eigenvalue weighted by atomic mass is 79.9. The molecule has 0 aromatic heterocycles. The van der Waals surface area contributed by atoms with Crippen molar-refractivity contribution in [3.8, 4) is 0 Å². The molecule has 0 aliphatic carbocycles. The summed E-state index contributed by atoms with van der Waals surface area (Å²) in [5.41, 5.74) is 9.55. The van der Waals surface area contributed by atoms with Gasteiger partial charge < -0.3 is 10.6 Å². The molecule has 2 nitrogen and oxygen atoms in total. The summed E-state index contributed by atoms with van der Waals surface area (Å²) in [5, 5.41) is 0. The fourth-order valence-corrected chi connectivity index (χ4v) is 2.22. The van der Waals surface area contributed by atoms with Gasteiger partial charge in [-0.1, -0.05) is 34.1 Å². The van der Waals surface area contributed by atoms with Crippen molar-refractivity contribution in [3.05, 3.63) is 40.4 Å². The van der Waals surface area contributed by atoms with Crippen LogP contribution in [0.3, 0.4) is 0 Å². The minimum absolute atomic E-state index is 0.0391. The Morgan fingerprint density at radius 2 is 2.18 bits per heavy atom. The van der Waals surface area contributed by atoms with Gasteiger partial charge in [0.2, 0.25) is 0 Å². The monoisotopic (exact) mass is 296 g/mol. The van der Waals surface area contributed by atoms with Gasteiger partial charge in [0.1, 0.15) is 0 Å². The number of hydrogen-bond acceptors (Lipinski definition) is 2. The van der Waals surface area contributed by atoms with Crippen molar-refractivity contribution >= 4 is 21.6 Å². The van der Waals surface area contributed by atoms with Crippen molar-refractivity contribution < 1.29 is 0 Å². The smallest absolute Gasteiger partial charge is 0.0428 e. The third-order valence-corrected chi connectivity index (χ3v) is 3.16. The average molecular weight is 297 g/mol. The molecule has 0 aliphatic rings. The number of halogens is 1. The topological polar surface area (TPSA) is 29.3 Å². The Bertz CT molecular complexity index is 399. The van der Waals surface area contributed by atoms with E-state index in [0.717, 1.165) is 23.1 Å². The van der Waals surface area contributed by atoms with Crippen LogP contribution in [0.5, 0.6) is 0 Å². The summed E-state index contributed by atoms with van der Waals surface area (Å²) in [4.78, 5) is 2.30. The van der Waals surface area contributed by atoms with Crippen LogP contribution in [0.4, 0.5) is 5.69 Å². The fraction of sp³-hybridized carbons (Fsp3) is 0.429. The van der Waals surface area contributed by atoms with Crippen LogP contribution in [0, 0.1) is 0 Å². The van der Waals surface area contributed by atoms with Gasteiger partial charge in [-0.2, -0.15) is 0 Å². The summed E-state index contributed by atoms with van der Waals surface area (Å²) in [6.07, 6.45) is 0. The zero-order valence-electron chi connectivity index (χ0n) is 10.8. The van der Waals surface area contributed by atoms with Gasteiger partial charge >= 0.3 is 0 Å². The number of benzene rings is 1. The van der Waals surface area contributed by atoms with Crippen LogP contribution in [0.25, 0.3) is 0 Å². The Balaban J connectivity index is 3.15. The van der Waals surface area contributed by atoms with Crippen LogP contribution in [-0.4, -0.2) is 13.1 Å². The average Bonchev–Trinajstić information content (AvgIpc) is 2.25.